The van der Waals surface area contributed by atoms with E-state index < -0.39 is 5.25 Å². The van der Waals surface area contributed by atoms with Crippen molar-refractivity contribution in [2.75, 3.05) is 11.9 Å². The number of para-hydroxylation sites is 2. The number of hydrogen-bond acceptors (Lipinski definition) is 6. The van der Waals surface area contributed by atoms with Crippen molar-refractivity contribution in [1.29, 1.82) is 0 Å². The standard InChI is InChI=1S/C23H23N5O2S/c1-4-30-19-13-9-8-12-18(19)25-21(29)20(17-10-6-5-7-11-17)31-23-26-22-24-15(2)14-16(3)28(22)27-23/h5-14,20H,4H2,1-3H3,(H,25,29). The summed E-state index contributed by atoms with van der Waals surface area (Å²) < 4.78 is 7.34. The van der Waals surface area contributed by atoms with Gasteiger partial charge in [-0.15, -0.1) is 5.10 Å². The van der Waals surface area contributed by atoms with E-state index >= 15 is 0 Å². The number of nitrogens with one attached hydrogen (secondary N) is 1. The minimum absolute atomic E-state index is 0.178. The van der Waals surface area contributed by atoms with Crippen LogP contribution in [0.25, 0.3) is 5.78 Å². The first-order valence-electron chi connectivity index (χ1n) is 10.0. The fourth-order valence-electron chi connectivity index (χ4n) is 3.25. The average Bonchev–Trinajstić information content (AvgIpc) is 3.17. The third kappa shape index (κ3) is 4.69. The number of hydrogen-bond donors (Lipinski definition) is 1. The van der Waals surface area contributed by atoms with E-state index in [0.29, 0.717) is 29.0 Å². The Kier molecular flexibility index (Phi) is 6.18. The molecular formula is C23H23N5O2S. The molecule has 0 saturated carbocycles. The third-order valence-electron chi connectivity index (χ3n) is 4.61. The molecule has 158 valence electrons. The summed E-state index contributed by atoms with van der Waals surface area (Å²) in [6.45, 7) is 6.30. The van der Waals surface area contributed by atoms with E-state index in [1.165, 1.54) is 11.8 Å². The number of carbonyl (C=O) groups excluding carboxylic acids is 1. The molecule has 2 aromatic heterocycles. The van der Waals surface area contributed by atoms with Gasteiger partial charge in [0.15, 0.2) is 0 Å². The average molecular weight is 434 g/mol. The highest BCUT2D eigenvalue weighted by Crippen LogP contribution is 2.36. The highest BCUT2D eigenvalue weighted by molar-refractivity contribution is 8.00. The molecule has 1 N–H and O–H groups in total. The maximum absolute atomic E-state index is 13.3. The summed E-state index contributed by atoms with van der Waals surface area (Å²) in [5, 5.41) is 7.50. The van der Waals surface area contributed by atoms with Crippen LogP contribution in [-0.4, -0.2) is 32.1 Å². The quantitative estimate of drug-likeness (QED) is 0.429. The Hall–Kier alpha value is -3.39. The minimum atomic E-state index is -0.547. The predicted molar refractivity (Wildman–Crippen MR) is 122 cm³/mol. The zero-order valence-corrected chi connectivity index (χ0v) is 18.4. The summed E-state index contributed by atoms with van der Waals surface area (Å²) >= 11 is 1.29. The number of anilines is 1. The molecule has 0 aliphatic rings. The first kappa shape index (κ1) is 20.9. The molecule has 0 spiro atoms. The van der Waals surface area contributed by atoms with Gasteiger partial charge in [0.05, 0.1) is 12.3 Å². The Bertz CT molecular complexity index is 1210. The monoisotopic (exact) mass is 433 g/mol. The maximum atomic E-state index is 13.3. The van der Waals surface area contributed by atoms with Gasteiger partial charge >= 0.3 is 0 Å². The molecule has 8 heteroatoms. The third-order valence-corrected chi connectivity index (χ3v) is 5.71. The van der Waals surface area contributed by atoms with Crippen LogP contribution in [0.2, 0.25) is 0 Å². The second-order valence-electron chi connectivity index (χ2n) is 6.97. The van der Waals surface area contributed by atoms with Crippen molar-refractivity contribution in [3.8, 4) is 5.75 Å². The lowest BCUT2D eigenvalue weighted by Crippen LogP contribution is -2.19. The van der Waals surface area contributed by atoms with E-state index in [4.69, 9.17) is 4.74 Å². The number of aromatic nitrogens is 4. The van der Waals surface area contributed by atoms with E-state index in [9.17, 15) is 4.79 Å². The first-order chi connectivity index (χ1) is 15.0. The van der Waals surface area contributed by atoms with Gasteiger partial charge in [-0.05, 0) is 44.5 Å². The fourth-order valence-corrected chi connectivity index (χ4v) is 4.19. The maximum Gasteiger partial charge on any atom is 0.253 e. The van der Waals surface area contributed by atoms with Crippen molar-refractivity contribution < 1.29 is 9.53 Å². The highest BCUT2D eigenvalue weighted by Gasteiger charge is 2.25. The van der Waals surface area contributed by atoms with E-state index in [-0.39, 0.29) is 5.91 Å². The normalized spacial score (nSPS) is 12.0. The summed E-state index contributed by atoms with van der Waals surface area (Å²) in [6, 6.07) is 19.0. The number of carbonyl (C=O) groups is 1. The van der Waals surface area contributed by atoms with Crippen molar-refractivity contribution in [2.45, 2.75) is 31.2 Å². The van der Waals surface area contributed by atoms with Crippen LogP contribution in [-0.2, 0) is 4.79 Å². The smallest absolute Gasteiger partial charge is 0.253 e. The SMILES string of the molecule is CCOc1ccccc1NC(=O)C(Sc1nc2nc(C)cc(C)n2n1)c1ccccc1. The summed E-state index contributed by atoms with van der Waals surface area (Å²) in [5.41, 5.74) is 3.30. The molecule has 1 atom stereocenters. The van der Waals surface area contributed by atoms with Crippen molar-refractivity contribution in [3.05, 3.63) is 77.6 Å². The van der Waals surface area contributed by atoms with E-state index in [2.05, 4.69) is 20.4 Å². The van der Waals surface area contributed by atoms with Crippen LogP contribution < -0.4 is 10.1 Å². The van der Waals surface area contributed by atoms with Gasteiger partial charge in [0.2, 0.25) is 11.1 Å². The van der Waals surface area contributed by atoms with E-state index in [1.807, 2.05) is 81.4 Å². The number of nitrogens with zero attached hydrogens (tertiary/aromatic N) is 4. The number of benzene rings is 2. The van der Waals surface area contributed by atoms with Crippen LogP contribution in [0.3, 0.4) is 0 Å². The lowest BCUT2D eigenvalue weighted by Gasteiger charge is -2.17. The largest absolute Gasteiger partial charge is 0.492 e. The van der Waals surface area contributed by atoms with Crippen molar-refractivity contribution in [1.82, 2.24) is 19.6 Å². The Morgan fingerprint density at radius 3 is 2.61 bits per heavy atom. The molecule has 0 aliphatic heterocycles. The second-order valence-corrected chi connectivity index (χ2v) is 8.04. The number of amides is 1. The number of fused-ring (bicyclic) bond motifs is 1. The molecule has 4 aromatic rings. The van der Waals surface area contributed by atoms with Gasteiger partial charge in [-0.1, -0.05) is 54.2 Å². The first-order valence-corrected chi connectivity index (χ1v) is 10.9. The molecule has 2 aromatic carbocycles. The van der Waals surface area contributed by atoms with Crippen LogP contribution in [0, 0.1) is 13.8 Å². The summed E-state index contributed by atoms with van der Waals surface area (Å²) in [4.78, 5) is 22.3. The van der Waals surface area contributed by atoms with Crippen molar-refractivity contribution in [3.63, 3.8) is 0 Å². The molecular weight excluding hydrogens is 410 g/mol. The fraction of sp³-hybridized carbons (Fsp3) is 0.217. The number of aryl methyl sites for hydroxylation is 2. The lowest BCUT2D eigenvalue weighted by molar-refractivity contribution is -0.115. The molecule has 7 nitrogen and oxygen atoms in total. The molecule has 2 heterocycles. The molecule has 1 unspecified atom stereocenters. The summed E-state index contributed by atoms with van der Waals surface area (Å²) in [6.07, 6.45) is 0. The molecule has 4 rings (SSSR count). The molecule has 0 fully saturated rings. The second kappa shape index (κ2) is 9.18. The van der Waals surface area contributed by atoms with Crippen molar-refractivity contribution in [2.24, 2.45) is 0 Å². The van der Waals surface area contributed by atoms with E-state index in [0.717, 1.165) is 17.0 Å². The molecule has 0 aliphatic carbocycles. The van der Waals surface area contributed by atoms with Crippen molar-refractivity contribution >= 4 is 29.1 Å². The van der Waals surface area contributed by atoms with Gasteiger partial charge in [-0.3, -0.25) is 4.79 Å². The molecule has 0 radical (unpaired) electrons. The van der Waals surface area contributed by atoms with Gasteiger partial charge < -0.3 is 10.1 Å². The predicted octanol–water partition coefficient (Wildman–Crippen LogP) is 4.61. The molecule has 0 saturated heterocycles. The lowest BCUT2D eigenvalue weighted by atomic mass is 10.1. The van der Waals surface area contributed by atoms with Crippen LogP contribution in [0.5, 0.6) is 5.75 Å². The zero-order valence-electron chi connectivity index (χ0n) is 17.6. The molecule has 0 bridgehead atoms. The number of rotatable bonds is 7. The van der Waals surface area contributed by atoms with Gasteiger partial charge in [0.1, 0.15) is 11.0 Å². The van der Waals surface area contributed by atoms with Gasteiger partial charge in [0, 0.05) is 11.4 Å². The number of thioether (sulfide) groups is 1. The molecule has 1 amide bonds. The van der Waals surface area contributed by atoms with Crippen LogP contribution in [0.15, 0.2) is 65.8 Å². The highest BCUT2D eigenvalue weighted by atomic mass is 32.2. The van der Waals surface area contributed by atoms with Gasteiger partial charge in [-0.25, -0.2) is 9.50 Å². The van der Waals surface area contributed by atoms with E-state index in [1.54, 1.807) is 4.52 Å². The van der Waals surface area contributed by atoms with Crippen LogP contribution in [0.4, 0.5) is 5.69 Å². The molecule has 31 heavy (non-hydrogen) atoms. The van der Waals surface area contributed by atoms with Crippen LogP contribution >= 0.6 is 11.8 Å². The van der Waals surface area contributed by atoms with Crippen LogP contribution in [0.1, 0.15) is 29.1 Å². The van der Waals surface area contributed by atoms with Gasteiger partial charge in [0.25, 0.3) is 5.78 Å². The summed E-state index contributed by atoms with van der Waals surface area (Å²) in [7, 11) is 0. The Labute approximate surface area is 184 Å². The Balaban J connectivity index is 1.66. The number of ether oxygens (including phenoxy) is 1. The minimum Gasteiger partial charge on any atom is -0.492 e. The zero-order chi connectivity index (χ0) is 21.8. The topological polar surface area (TPSA) is 81.4 Å². The Morgan fingerprint density at radius 2 is 1.84 bits per heavy atom. The summed E-state index contributed by atoms with van der Waals surface area (Å²) in [5.74, 6) is 0.980. The Morgan fingerprint density at radius 1 is 1.10 bits per heavy atom. The van der Waals surface area contributed by atoms with Gasteiger partial charge in [-0.2, -0.15) is 4.98 Å².